The molecule has 3 heterocycles. The van der Waals surface area contributed by atoms with Crippen molar-refractivity contribution in [3.8, 4) is 28.6 Å². The lowest BCUT2D eigenvalue weighted by molar-refractivity contribution is 0.174. The van der Waals surface area contributed by atoms with Gasteiger partial charge in [0.15, 0.2) is 11.5 Å². The summed E-state index contributed by atoms with van der Waals surface area (Å²) < 4.78 is 22.2. The van der Waals surface area contributed by atoms with Crippen molar-refractivity contribution in [1.82, 2.24) is 20.4 Å². The van der Waals surface area contributed by atoms with Gasteiger partial charge in [-0.2, -0.15) is 4.98 Å². The Morgan fingerprint density at radius 1 is 1.03 bits per heavy atom. The summed E-state index contributed by atoms with van der Waals surface area (Å²) in [5.41, 5.74) is 3.96. The fourth-order valence-corrected chi connectivity index (χ4v) is 4.63. The molecule has 0 spiro atoms. The molecule has 0 radical (unpaired) electrons. The second-order valence-electron chi connectivity index (χ2n) is 8.68. The first-order valence-electron chi connectivity index (χ1n) is 11.8. The van der Waals surface area contributed by atoms with E-state index in [4.69, 9.17) is 23.7 Å². The topological polar surface area (TPSA) is 99.0 Å². The highest BCUT2D eigenvalue weighted by atomic mass is 16.7. The quantitative estimate of drug-likeness (QED) is 0.393. The van der Waals surface area contributed by atoms with Crippen LogP contribution < -0.4 is 19.5 Å². The molecular formula is C28H24N4O5. The summed E-state index contributed by atoms with van der Waals surface area (Å²) in [6.45, 7) is 2.39. The van der Waals surface area contributed by atoms with E-state index in [1.54, 1.807) is 12.0 Å². The van der Waals surface area contributed by atoms with Crippen molar-refractivity contribution in [3.63, 3.8) is 0 Å². The van der Waals surface area contributed by atoms with Crippen LogP contribution in [0.25, 0.3) is 17.0 Å². The van der Waals surface area contributed by atoms with Gasteiger partial charge in [-0.3, -0.25) is 4.90 Å². The lowest BCUT2D eigenvalue weighted by Gasteiger charge is -2.35. The van der Waals surface area contributed by atoms with Crippen molar-refractivity contribution in [2.75, 3.05) is 13.9 Å². The molecule has 1 atom stereocenters. The van der Waals surface area contributed by atoms with E-state index >= 15 is 0 Å². The summed E-state index contributed by atoms with van der Waals surface area (Å²) in [7, 11) is 1.62. The fraction of sp³-hybridized carbons (Fsp3) is 0.179. The average molecular weight is 497 g/mol. The number of amides is 2. The van der Waals surface area contributed by atoms with Crippen LogP contribution in [0, 0.1) is 0 Å². The maximum absolute atomic E-state index is 13.4. The van der Waals surface area contributed by atoms with Crippen molar-refractivity contribution in [2.24, 2.45) is 0 Å². The first kappa shape index (κ1) is 22.7. The fourth-order valence-electron chi connectivity index (χ4n) is 4.63. The Bertz CT molecular complexity index is 1500. The molecule has 1 unspecified atom stereocenters. The molecule has 1 aromatic heterocycles. The Morgan fingerprint density at radius 2 is 1.81 bits per heavy atom. The molecule has 2 aliphatic heterocycles. The summed E-state index contributed by atoms with van der Waals surface area (Å²) in [6.07, 6.45) is 0. The van der Waals surface area contributed by atoms with E-state index in [9.17, 15) is 4.79 Å². The van der Waals surface area contributed by atoms with Crippen LogP contribution in [0.2, 0.25) is 0 Å². The predicted molar refractivity (Wildman–Crippen MR) is 135 cm³/mol. The summed E-state index contributed by atoms with van der Waals surface area (Å²) >= 11 is 0. The highest BCUT2D eigenvalue weighted by molar-refractivity contribution is 5.87. The van der Waals surface area contributed by atoms with Gasteiger partial charge in [0.2, 0.25) is 12.6 Å². The lowest BCUT2D eigenvalue weighted by atomic mass is 9.94. The molecular weight excluding hydrogens is 472 g/mol. The minimum atomic E-state index is -0.465. The van der Waals surface area contributed by atoms with Crippen LogP contribution in [0.1, 0.15) is 30.0 Å². The minimum absolute atomic E-state index is 0.183. The van der Waals surface area contributed by atoms with Gasteiger partial charge in [0, 0.05) is 16.8 Å². The Hall–Kier alpha value is -4.79. The predicted octanol–water partition coefficient (Wildman–Crippen LogP) is 5.17. The normalized spacial score (nSPS) is 16.6. The summed E-state index contributed by atoms with van der Waals surface area (Å²) in [5.74, 6) is 2.75. The number of nitrogens with one attached hydrogen (secondary N) is 1. The molecule has 4 aromatic rings. The van der Waals surface area contributed by atoms with Gasteiger partial charge >= 0.3 is 6.03 Å². The number of benzene rings is 3. The minimum Gasteiger partial charge on any atom is -0.496 e. The summed E-state index contributed by atoms with van der Waals surface area (Å²) in [4.78, 5) is 19.7. The van der Waals surface area contributed by atoms with E-state index in [0.717, 1.165) is 22.3 Å². The second kappa shape index (κ2) is 9.34. The molecule has 6 rings (SSSR count). The van der Waals surface area contributed by atoms with Crippen LogP contribution >= 0.6 is 0 Å². The van der Waals surface area contributed by atoms with Gasteiger partial charge in [0.05, 0.1) is 25.3 Å². The first-order valence-corrected chi connectivity index (χ1v) is 11.8. The summed E-state index contributed by atoms with van der Waals surface area (Å²) in [6, 6.07) is 22.2. The highest BCUT2D eigenvalue weighted by Gasteiger charge is 2.36. The Kier molecular flexibility index (Phi) is 5.72. The van der Waals surface area contributed by atoms with Crippen molar-refractivity contribution in [1.29, 1.82) is 0 Å². The van der Waals surface area contributed by atoms with Gasteiger partial charge in [-0.15, -0.1) is 0 Å². The number of allylic oxidation sites excluding steroid dienone is 1. The number of aromatic nitrogens is 2. The third-order valence-corrected chi connectivity index (χ3v) is 6.54. The molecule has 0 bridgehead atoms. The standard InChI is InChI=1S/C28H24N4O5/c1-17-24(27-30-26(31-37-27)19-12-13-22-23(14-19)36-16-35-22)25(18-8-4-3-5-9-18)29-28(33)32(17)15-20-10-6-7-11-21(20)34-2/h3-14,25H,15-16H2,1-2H3,(H,29,33). The number of ether oxygens (including phenoxy) is 3. The number of carbonyl (C=O) groups excluding carboxylic acids is 1. The largest absolute Gasteiger partial charge is 0.496 e. The number of rotatable bonds is 6. The van der Waals surface area contributed by atoms with E-state index in [1.165, 1.54) is 0 Å². The number of hydrogen-bond acceptors (Lipinski definition) is 7. The van der Waals surface area contributed by atoms with E-state index in [2.05, 4.69) is 10.5 Å². The Morgan fingerprint density at radius 3 is 2.65 bits per heavy atom. The van der Waals surface area contributed by atoms with E-state index < -0.39 is 6.04 Å². The average Bonchev–Trinajstić information content (AvgIpc) is 3.61. The molecule has 3 aromatic carbocycles. The van der Waals surface area contributed by atoms with Crippen molar-refractivity contribution >= 4 is 11.6 Å². The number of para-hydroxylation sites is 1. The van der Waals surface area contributed by atoms with Crippen molar-refractivity contribution in [2.45, 2.75) is 19.5 Å². The molecule has 0 fully saturated rings. The zero-order chi connectivity index (χ0) is 25.4. The van der Waals surface area contributed by atoms with Crippen molar-refractivity contribution in [3.05, 3.63) is 95.5 Å². The number of carbonyl (C=O) groups is 1. The molecule has 1 N–H and O–H groups in total. The van der Waals surface area contributed by atoms with Crippen LogP contribution in [0.5, 0.6) is 17.2 Å². The van der Waals surface area contributed by atoms with Gasteiger partial charge in [0.1, 0.15) is 5.75 Å². The Balaban J connectivity index is 1.42. The third kappa shape index (κ3) is 4.14. The van der Waals surface area contributed by atoms with E-state index in [-0.39, 0.29) is 12.8 Å². The molecule has 9 heteroatoms. The zero-order valence-corrected chi connectivity index (χ0v) is 20.3. The number of fused-ring (bicyclic) bond motifs is 1. The summed E-state index contributed by atoms with van der Waals surface area (Å²) in [5, 5.41) is 7.36. The lowest BCUT2D eigenvalue weighted by Crippen LogP contribution is -2.45. The molecule has 0 aliphatic carbocycles. The van der Waals surface area contributed by atoms with Crippen LogP contribution in [-0.2, 0) is 6.54 Å². The van der Waals surface area contributed by atoms with Gasteiger partial charge in [0.25, 0.3) is 5.89 Å². The number of urea groups is 1. The Labute approximate surface area is 213 Å². The first-order chi connectivity index (χ1) is 18.1. The van der Waals surface area contributed by atoms with E-state index in [0.29, 0.717) is 41.2 Å². The monoisotopic (exact) mass is 496 g/mol. The second-order valence-corrected chi connectivity index (χ2v) is 8.68. The molecule has 0 saturated carbocycles. The third-order valence-electron chi connectivity index (χ3n) is 6.54. The number of methoxy groups -OCH3 is 1. The smallest absolute Gasteiger partial charge is 0.322 e. The van der Waals surface area contributed by atoms with Crippen LogP contribution in [0.4, 0.5) is 4.79 Å². The number of nitrogens with zero attached hydrogens (tertiary/aromatic N) is 3. The highest BCUT2D eigenvalue weighted by Crippen LogP contribution is 2.39. The van der Waals surface area contributed by atoms with Crippen molar-refractivity contribution < 1.29 is 23.5 Å². The van der Waals surface area contributed by atoms with Gasteiger partial charge in [-0.1, -0.05) is 53.7 Å². The molecule has 186 valence electrons. The molecule has 9 nitrogen and oxygen atoms in total. The van der Waals surface area contributed by atoms with Crippen LogP contribution in [0.15, 0.2) is 83.0 Å². The molecule has 2 amide bonds. The SMILES string of the molecule is COc1ccccc1CN1C(=O)NC(c2ccccc2)C(c2nc(-c3ccc4c(c3)OCO4)no2)=C1C. The van der Waals surface area contributed by atoms with Gasteiger partial charge < -0.3 is 24.1 Å². The maximum atomic E-state index is 13.4. The van der Waals surface area contributed by atoms with Gasteiger partial charge in [-0.25, -0.2) is 4.79 Å². The van der Waals surface area contributed by atoms with Gasteiger partial charge in [-0.05, 0) is 36.8 Å². The molecule has 2 aliphatic rings. The number of hydrogen-bond donors (Lipinski definition) is 1. The van der Waals surface area contributed by atoms with E-state index in [1.807, 2.05) is 79.7 Å². The molecule has 0 saturated heterocycles. The van der Waals surface area contributed by atoms with Crippen LogP contribution in [0.3, 0.4) is 0 Å². The molecule has 37 heavy (non-hydrogen) atoms. The zero-order valence-electron chi connectivity index (χ0n) is 20.3. The maximum Gasteiger partial charge on any atom is 0.322 e. The van der Waals surface area contributed by atoms with Crippen LogP contribution in [-0.4, -0.2) is 35.0 Å².